The van der Waals surface area contributed by atoms with E-state index in [0.717, 1.165) is 18.0 Å². The Balaban J connectivity index is 2.32. The third kappa shape index (κ3) is 2.71. The fraction of sp³-hybridized carbons (Fsp3) is 0.0909. The molecule has 88 valence electrons. The average Bonchev–Trinajstić information content (AvgIpc) is 2.35. The highest BCUT2D eigenvalue weighted by Gasteiger charge is 2.10. The molecule has 0 aliphatic carbocycles. The summed E-state index contributed by atoms with van der Waals surface area (Å²) in [5.74, 6) is -0.677. The number of nitrogens with one attached hydrogen (secondary N) is 1. The number of halogens is 2. The van der Waals surface area contributed by atoms with Crippen molar-refractivity contribution in [2.24, 2.45) is 0 Å². The Bertz CT molecular complexity index is 534. The summed E-state index contributed by atoms with van der Waals surface area (Å²) in [5.41, 5.74) is 0. The van der Waals surface area contributed by atoms with Gasteiger partial charge in [0.25, 0.3) is 0 Å². The Labute approximate surface area is 101 Å². The zero-order valence-corrected chi connectivity index (χ0v) is 9.76. The van der Waals surface area contributed by atoms with Crippen LogP contribution in [0.1, 0.15) is 0 Å². The average molecular weight is 253 g/mol. The van der Waals surface area contributed by atoms with Gasteiger partial charge in [0.2, 0.25) is 5.95 Å². The van der Waals surface area contributed by atoms with Crippen LogP contribution in [0.3, 0.4) is 0 Å². The number of benzene rings is 1. The monoisotopic (exact) mass is 253 g/mol. The molecule has 0 spiro atoms. The van der Waals surface area contributed by atoms with E-state index in [1.54, 1.807) is 25.2 Å². The second-order valence-corrected chi connectivity index (χ2v) is 4.16. The molecular formula is C11H9F2N3S. The Hall–Kier alpha value is -1.69. The van der Waals surface area contributed by atoms with Crippen LogP contribution >= 0.6 is 11.8 Å². The highest BCUT2D eigenvalue weighted by molar-refractivity contribution is 7.99. The summed E-state index contributed by atoms with van der Waals surface area (Å²) >= 11 is 0.929. The Morgan fingerprint density at radius 2 is 1.94 bits per heavy atom. The number of aromatic nitrogens is 2. The van der Waals surface area contributed by atoms with E-state index in [9.17, 15) is 8.78 Å². The van der Waals surface area contributed by atoms with Crippen LogP contribution in [0.15, 0.2) is 40.4 Å². The maximum Gasteiger partial charge on any atom is 0.223 e. The van der Waals surface area contributed by atoms with Gasteiger partial charge in [-0.25, -0.2) is 18.7 Å². The topological polar surface area (TPSA) is 37.8 Å². The van der Waals surface area contributed by atoms with Crippen LogP contribution in [0, 0.1) is 11.6 Å². The third-order valence-electron chi connectivity index (χ3n) is 1.98. The maximum atomic E-state index is 13.4. The number of hydrogen-bond donors (Lipinski definition) is 1. The lowest BCUT2D eigenvalue weighted by Gasteiger charge is -2.05. The molecule has 1 N–H and O–H groups in total. The summed E-state index contributed by atoms with van der Waals surface area (Å²) in [6, 6.07) is 6.15. The van der Waals surface area contributed by atoms with Gasteiger partial charge in [-0.05, 0) is 12.1 Å². The second kappa shape index (κ2) is 5.09. The minimum atomic E-state index is -0.572. The Morgan fingerprint density at radius 1 is 1.18 bits per heavy atom. The van der Waals surface area contributed by atoms with Crippen LogP contribution in [0.4, 0.5) is 14.7 Å². The highest BCUT2D eigenvalue weighted by atomic mass is 32.2. The molecule has 2 aromatic rings. The fourth-order valence-electron chi connectivity index (χ4n) is 1.18. The molecule has 0 aliphatic heterocycles. The molecule has 3 nitrogen and oxygen atoms in total. The summed E-state index contributed by atoms with van der Waals surface area (Å²) in [6.45, 7) is 0. The summed E-state index contributed by atoms with van der Waals surface area (Å²) in [6.07, 6.45) is 1.06. The van der Waals surface area contributed by atoms with Crippen molar-refractivity contribution < 1.29 is 8.78 Å². The van der Waals surface area contributed by atoms with Crippen molar-refractivity contribution in [2.45, 2.75) is 9.92 Å². The van der Waals surface area contributed by atoms with E-state index < -0.39 is 11.6 Å². The van der Waals surface area contributed by atoms with E-state index >= 15 is 0 Å². The van der Waals surface area contributed by atoms with Crippen LogP contribution in [-0.4, -0.2) is 17.0 Å². The maximum absolute atomic E-state index is 13.4. The van der Waals surface area contributed by atoms with Gasteiger partial charge in [-0.3, -0.25) is 0 Å². The summed E-state index contributed by atoms with van der Waals surface area (Å²) in [5, 5.41) is 2.79. The summed E-state index contributed by atoms with van der Waals surface area (Å²) in [4.78, 5) is 7.97. The molecule has 0 radical (unpaired) electrons. The first-order valence-electron chi connectivity index (χ1n) is 4.83. The highest BCUT2D eigenvalue weighted by Crippen LogP contribution is 2.30. The van der Waals surface area contributed by atoms with Crippen molar-refractivity contribution in [3.63, 3.8) is 0 Å². The van der Waals surface area contributed by atoms with E-state index in [4.69, 9.17) is 0 Å². The molecule has 0 fully saturated rings. The Kier molecular flexibility index (Phi) is 3.53. The lowest BCUT2D eigenvalue weighted by Crippen LogP contribution is -1.99. The van der Waals surface area contributed by atoms with E-state index in [-0.39, 0.29) is 5.03 Å². The van der Waals surface area contributed by atoms with Gasteiger partial charge in [-0.2, -0.15) is 0 Å². The van der Waals surface area contributed by atoms with Crippen molar-refractivity contribution in [3.05, 3.63) is 42.1 Å². The van der Waals surface area contributed by atoms with Crippen LogP contribution in [0.2, 0.25) is 0 Å². The van der Waals surface area contributed by atoms with Gasteiger partial charge in [-0.1, -0.05) is 23.9 Å². The number of hydrogen-bond acceptors (Lipinski definition) is 4. The van der Waals surface area contributed by atoms with Gasteiger partial charge in [0.05, 0.1) is 6.20 Å². The molecule has 1 aromatic heterocycles. The molecule has 6 heteroatoms. The van der Waals surface area contributed by atoms with Gasteiger partial charge in [0.1, 0.15) is 10.8 Å². The SMILES string of the molecule is CNc1ncc(F)c(Sc2ccccc2F)n1. The first-order valence-corrected chi connectivity index (χ1v) is 5.65. The van der Waals surface area contributed by atoms with Crippen LogP contribution in [0.25, 0.3) is 0 Å². The number of nitrogens with zero attached hydrogens (tertiary/aromatic N) is 2. The standard InChI is InChI=1S/C11H9F2N3S/c1-14-11-15-6-8(13)10(16-11)17-9-5-3-2-4-7(9)12/h2-6H,1H3,(H,14,15,16). The van der Waals surface area contributed by atoms with Gasteiger partial charge in [-0.15, -0.1) is 0 Å². The number of anilines is 1. The van der Waals surface area contributed by atoms with E-state index in [1.807, 2.05) is 0 Å². The smallest absolute Gasteiger partial charge is 0.223 e. The second-order valence-electron chi connectivity index (χ2n) is 3.13. The molecule has 0 amide bonds. The zero-order valence-electron chi connectivity index (χ0n) is 8.95. The predicted molar refractivity (Wildman–Crippen MR) is 62.1 cm³/mol. The van der Waals surface area contributed by atoms with E-state index in [0.29, 0.717) is 10.8 Å². The van der Waals surface area contributed by atoms with Gasteiger partial charge >= 0.3 is 0 Å². The van der Waals surface area contributed by atoms with Crippen LogP contribution in [0.5, 0.6) is 0 Å². The molecule has 0 bridgehead atoms. The molecule has 0 atom stereocenters. The minimum absolute atomic E-state index is 0.0921. The van der Waals surface area contributed by atoms with Gasteiger partial charge in [0.15, 0.2) is 5.82 Å². The predicted octanol–water partition coefficient (Wildman–Crippen LogP) is 2.95. The van der Waals surface area contributed by atoms with Crippen molar-refractivity contribution >= 4 is 17.7 Å². The fourth-order valence-corrected chi connectivity index (χ4v) is 1.98. The van der Waals surface area contributed by atoms with Gasteiger partial charge < -0.3 is 5.32 Å². The molecule has 0 unspecified atom stereocenters. The molecule has 0 aliphatic rings. The van der Waals surface area contributed by atoms with Crippen LogP contribution < -0.4 is 5.32 Å². The van der Waals surface area contributed by atoms with Gasteiger partial charge in [0, 0.05) is 11.9 Å². The van der Waals surface area contributed by atoms with E-state index in [2.05, 4.69) is 15.3 Å². The molecule has 2 rings (SSSR count). The van der Waals surface area contributed by atoms with E-state index in [1.165, 1.54) is 6.07 Å². The number of rotatable bonds is 3. The van der Waals surface area contributed by atoms with Crippen molar-refractivity contribution in [3.8, 4) is 0 Å². The molecule has 0 saturated heterocycles. The lowest BCUT2D eigenvalue weighted by molar-refractivity contribution is 0.578. The normalized spacial score (nSPS) is 10.3. The molecule has 17 heavy (non-hydrogen) atoms. The third-order valence-corrected chi connectivity index (χ3v) is 3.01. The molecule has 1 heterocycles. The molecular weight excluding hydrogens is 244 g/mol. The van der Waals surface area contributed by atoms with Crippen molar-refractivity contribution in [2.75, 3.05) is 12.4 Å². The largest absolute Gasteiger partial charge is 0.357 e. The van der Waals surface area contributed by atoms with Crippen molar-refractivity contribution in [1.29, 1.82) is 0 Å². The molecule has 0 saturated carbocycles. The quantitative estimate of drug-likeness (QED) is 0.853. The lowest BCUT2D eigenvalue weighted by atomic mass is 10.3. The zero-order chi connectivity index (χ0) is 12.3. The van der Waals surface area contributed by atoms with Crippen molar-refractivity contribution in [1.82, 2.24) is 9.97 Å². The molecule has 1 aromatic carbocycles. The summed E-state index contributed by atoms with van der Waals surface area (Å²) < 4.78 is 26.8. The first-order chi connectivity index (χ1) is 8.20. The van der Waals surface area contributed by atoms with Crippen LogP contribution in [-0.2, 0) is 0 Å². The minimum Gasteiger partial charge on any atom is -0.357 e. The summed E-state index contributed by atoms with van der Waals surface area (Å²) in [7, 11) is 1.63. The Morgan fingerprint density at radius 3 is 2.65 bits per heavy atom. The first kappa shape index (κ1) is 11.8.